The van der Waals surface area contributed by atoms with E-state index in [2.05, 4.69) is 30.3 Å². The van der Waals surface area contributed by atoms with Gasteiger partial charge in [0.15, 0.2) is 17.2 Å². The molecule has 4 saturated heterocycles. The van der Waals surface area contributed by atoms with Crippen LogP contribution in [0.3, 0.4) is 0 Å². The van der Waals surface area contributed by atoms with Crippen LogP contribution < -0.4 is 15.0 Å². The Hall–Kier alpha value is -4.36. The van der Waals surface area contributed by atoms with E-state index in [4.69, 9.17) is 14.5 Å². The first-order valence-electron chi connectivity index (χ1n) is 17.5. The minimum atomic E-state index is -0.626. The molecule has 4 aromatic rings. The second-order valence-corrected chi connectivity index (χ2v) is 14.3. The molecular weight excluding hydrogens is 627 g/mol. The van der Waals surface area contributed by atoms with Gasteiger partial charge in [-0.2, -0.15) is 9.97 Å². The second kappa shape index (κ2) is 12.5. The number of aryl methyl sites for hydroxylation is 1. The van der Waals surface area contributed by atoms with Gasteiger partial charge in [0.25, 0.3) is 0 Å². The molecule has 0 spiro atoms. The molecule has 0 saturated carbocycles. The van der Waals surface area contributed by atoms with Crippen LogP contribution in [0.25, 0.3) is 33.1 Å². The van der Waals surface area contributed by atoms with Crippen LogP contribution in [0.2, 0.25) is 0 Å². The summed E-state index contributed by atoms with van der Waals surface area (Å²) in [5, 5.41) is 24.9. The highest BCUT2D eigenvalue weighted by molar-refractivity contribution is 6.01. The molecule has 4 atom stereocenters. The molecule has 2 aromatic carbocycles. The Morgan fingerprint density at radius 3 is 2.69 bits per heavy atom. The summed E-state index contributed by atoms with van der Waals surface area (Å²) in [7, 11) is 3.36. The lowest BCUT2D eigenvalue weighted by Gasteiger charge is -2.35. The van der Waals surface area contributed by atoms with Crippen LogP contribution in [0.5, 0.6) is 11.8 Å². The quantitative estimate of drug-likeness (QED) is 0.272. The molecule has 4 fully saturated rings. The first-order valence-corrected chi connectivity index (χ1v) is 17.5. The van der Waals surface area contributed by atoms with E-state index in [1.807, 2.05) is 25.1 Å². The number of hydrogen-bond acceptors (Lipinski definition) is 11. The molecular formula is C36H43FN8O4. The van der Waals surface area contributed by atoms with E-state index in [0.29, 0.717) is 42.2 Å². The zero-order valence-corrected chi connectivity index (χ0v) is 28.3. The fraction of sp³-hybridized carbons (Fsp3) is 0.528. The van der Waals surface area contributed by atoms with Gasteiger partial charge >= 0.3 is 12.1 Å². The average Bonchev–Trinajstić information content (AvgIpc) is 3.78. The Kier molecular flexibility index (Phi) is 8.14. The van der Waals surface area contributed by atoms with Gasteiger partial charge in [0, 0.05) is 50.9 Å². The molecule has 6 heterocycles. The maximum absolute atomic E-state index is 16.9. The molecule has 13 heteroatoms. The van der Waals surface area contributed by atoms with Gasteiger partial charge in [-0.05, 0) is 80.0 Å². The SMILES string of the molecule is CCc1cccc2cc(O)cc(-c3nnc4c(N5CC6CCC(C5)N6)nc(OC[C@]56CCCN5[C@@H](COC(=O)N(C)C)CC6)nc4c3F)c12. The summed E-state index contributed by atoms with van der Waals surface area (Å²) in [5.74, 6) is -0.0850. The van der Waals surface area contributed by atoms with E-state index in [1.54, 1.807) is 26.2 Å². The van der Waals surface area contributed by atoms with Crippen molar-refractivity contribution in [2.24, 2.45) is 0 Å². The second-order valence-electron chi connectivity index (χ2n) is 14.3. The van der Waals surface area contributed by atoms with E-state index in [1.165, 1.54) is 4.90 Å². The number of carbonyl (C=O) groups excluding carboxylic acids is 1. The smallest absolute Gasteiger partial charge is 0.409 e. The molecule has 4 aliphatic rings. The van der Waals surface area contributed by atoms with Gasteiger partial charge in [-0.1, -0.05) is 25.1 Å². The lowest BCUT2D eigenvalue weighted by atomic mass is 9.95. The number of amides is 1. The molecule has 4 aliphatic heterocycles. The summed E-state index contributed by atoms with van der Waals surface area (Å²) < 4.78 is 29.0. The number of aromatic nitrogens is 4. The number of aromatic hydroxyl groups is 1. The Labute approximate surface area is 284 Å². The fourth-order valence-corrected chi connectivity index (χ4v) is 8.61. The number of piperazine rings is 1. The Balaban J connectivity index is 1.17. The Bertz CT molecular complexity index is 1910. The van der Waals surface area contributed by atoms with Gasteiger partial charge in [-0.15, -0.1) is 10.2 Å². The third-order valence-electron chi connectivity index (χ3n) is 11.0. The molecule has 12 nitrogen and oxygen atoms in total. The van der Waals surface area contributed by atoms with Crippen molar-refractivity contribution in [2.45, 2.75) is 75.5 Å². The van der Waals surface area contributed by atoms with Gasteiger partial charge in [-0.3, -0.25) is 4.90 Å². The third kappa shape index (κ3) is 5.66. The molecule has 2 aromatic heterocycles. The van der Waals surface area contributed by atoms with Gasteiger partial charge in [-0.25, -0.2) is 9.18 Å². The number of ether oxygens (including phenoxy) is 2. The number of nitrogens with zero attached hydrogens (tertiary/aromatic N) is 7. The van der Waals surface area contributed by atoms with E-state index in [9.17, 15) is 9.90 Å². The molecule has 0 radical (unpaired) electrons. The van der Waals surface area contributed by atoms with Crippen LogP contribution in [0.15, 0.2) is 30.3 Å². The zero-order chi connectivity index (χ0) is 33.9. The highest BCUT2D eigenvalue weighted by atomic mass is 19.1. The van der Waals surface area contributed by atoms with Gasteiger partial charge < -0.3 is 29.7 Å². The zero-order valence-electron chi connectivity index (χ0n) is 28.3. The van der Waals surface area contributed by atoms with E-state index in [0.717, 1.165) is 80.9 Å². The number of phenols is 1. The van der Waals surface area contributed by atoms with Crippen molar-refractivity contribution in [3.63, 3.8) is 0 Å². The number of hydrogen-bond donors (Lipinski definition) is 2. The van der Waals surface area contributed by atoms with Crippen LogP contribution >= 0.6 is 0 Å². The third-order valence-corrected chi connectivity index (χ3v) is 11.0. The van der Waals surface area contributed by atoms with Crippen LogP contribution in [0.1, 0.15) is 51.0 Å². The summed E-state index contributed by atoms with van der Waals surface area (Å²) in [5.41, 5.74) is 1.61. The lowest BCUT2D eigenvalue weighted by molar-refractivity contribution is 0.0484. The molecule has 2 N–H and O–H groups in total. The minimum Gasteiger partial charge on any atom is -0.508 e. The molecule has 49 heavy (non-hydrogen) atoms. The van der Waals surface area contributed by atoms with Gasteiger partial charge in [0.2, 0.25) is 0 Å². The number of halogens is 1. The molecule has 258 valence electrons. The number of carbonyl (C=O) groups is 1. The van der Waals surface area contributed by atoms with Crippen molar-refractivity contribution in [1.29, 1.82) is 0 Å². The maximum atomic E-state index is 16.9. The summed E-state index contributed by atoms with van der Waals surface area (Å²) >= 11 is 0. The monoisotopic (exact) mass is 670 g/mol. The predicted molar refractivity (Wildman–Crippen MR) is 183 cm³/mol. The van der Waals surface area contributed by atoms with Crippen LogP contribution in [-0.4, -0.2) is 112 Å². The molecule has 2 bridgehead atoms. The van der Waals surface area contributed by atoms with Crippen molar-refractivity contribution in [3.05, 3.63) is 41.7 Å². The summed E-state index contributed by atoms with van der Waals surface area (Å²) in [4.78, 5) is 27.7. The van der Waals surface area contributed by atoms with Gasteiger partial charge in [0.1, 0.15) is 30.2 Å². The summed E-state index contributed by atoms with van der Waals surface area (Å²) in [6, 6.07) is 9.93. The predicted octanol–water partition coefficient (Wildman–Crippen LogP) is 4.66. The number of anilines is 1. The van der Waals surface area contributed by atoms with Crippen molar-refractivity contribution < 1.29 is 23.8 Å². The van der Waals surface area contributed by atoms with Crippen LogP contribution in [0.4, 0.5) is 15.0 Å². The molecule has 8 rings (SSSR count). The summed E-state index contributed by atoms with van der Waals surface area (Å²) in [6.45, 7) is 5.05. The number of rotatable bonds is 8. The standard InChI is InChI=1S/C36H43FN8O4/c1-4-21-7-5-8-22-15-26(46)16-27(28(21)22)30-29(37)31-32(42-41-30)33(44-17-23-9-10-24(18-44)38-23)40-34(39-31)49-20-36-12-6-14-45(36)25(11-13-36)19-48-35(47)43(2)3/h5,7-8,15-16,23-25,38,46H,4,6,9-14,17-20H2,1-3H3/t23?,24?,25-,36-/m1/s1. The average molecular weight is 671 g/mol. The topological polar surface area (TPSA) is 129 Å². The minimum absolute atomic E-state index is 0.0208. The van der Waals surface area contributed by atoms with E-state index >= 15 is 4.39 Å². The highest BCUT2D eigenvalue weighted by Crippen LogP contribution is 2.43. The van der Waals surface area contributed by atoms with Crippen molar-refractivity contribution in [1.82, 2.24) is 35.3 Å². The van der Waals surface area contributed by atoms with Crippen molar-refractivity contribution >= 4 is 33.7 Å². The molecule has 2 unspecified atom stereocenters. The fourth-order valence-electron chi connectivity index (χ4n) is 8.61. The van der Waals surface area contributed by atoms with E-state index in [-0.39, 0.29) is 40.6 Å². The van der Waals surface area contributed by atoms with Crippen LogP contribution in [-0.2, 0) is 11.2 Å². The largest absolute Gasteiger partial charge is 0.508 e. The molecule has 1 amide bonds. The highest BCUT2D eigenvalue weighted by Gasteiger charge is 2.50. The normalized spacial score (nSPS) is 24.9. The molecule has 0 aliphatic carbocycles. The summed E-state index contributed by atoms with van der Waals surface area (Å²) in [6.07, 6.45) is 6.28. The first kappa shape index (κ1) is 31.9. The number of phenolic OH excluding ortho intramolecular Hbond substituents is 1. The Morgan fingerprint density at radius 1 is 1.10 bits per heavy atom. The lowest BCUT2D eigenvalue weighted by Crippen LogP contribution is -2.51. The van der Waals surface area contributed by atoms with Crippen molar-refractivity contribution in [3.8, 4) is 23.0 Å². The Morgan fingerprint density at radius 2 is 1.92 bits per heavy atom. The maximum Gasteiger partial charge on any atom is 0.409 e. The van der Waals surface area contributed by atoms with Gasteiger partial charge in [0.05, 0.1) is 5.54 Å². The van der Waals surface area contributed by atoms with E-state index < -0.39 is 5.82 Å². The number of nitrogens with one attached hydrogen (secondary N) is 1. The van der Waals surface area contributed by atoms with Crippen molar-refractivity contribution in [2.75, 3.05) is 51.8 Å². The first-order chi connectivity index (χ1) is 23.7. The number of benzene rings is 2. The van der Waals surface area contributed by atoms with Crippen LogP contribution in [0, 0.1) is 5.82 Å². The number of fused-ring (bicyclic) bond motifs is 5.